The summed E-state index contributed by atoms with van der Waals surface area (Å²) in [4.78, 5) is 23.6. The van der Waals surface area contributed by atoms with Gasteiger partial charge in [-0.25, -0.2) is 0 Å². The predicted molar refractivity (Wildman–Crippen MR) is 73.7 cm³/mol. The third kappa shape index (κ3) is 2.88. The van der Waals surface area contributed by atoms with Crippen molar-refractivity contribution in [3.8, 4) is 0 Å². The molecule has 0 bridgehead atoms. The lowest BCUT2D eigenvalue weighted by atomic mass is 9.94. The van der Waals surface area contributed by atoms with Crippen LogP contribution in [0.4, 0.5) is 11.4 Å². The van der Waals surface area contributed by atoms with Crippen molar-refractivity contribution < 1.29 is 14.8 Å². The average Bonchev–Trinajstić information content (AvgIpc) is 2.36. The topological polar surface area (TPSA) is 110 Å². The standard InChI is InChI=1S/C13H17N3O4/c1-13(18)5-2-6-15(8-13)11-7-9(12(14)17)3-4-10(11)16(19)20/h3-4,7,18H,2,5-6,8H2,1H3,(H2,14,17). The molecule has 0 saturated carbocycles. The van der Waals surface area contributed by atoms with E-state index in [1.807, 2.05) is 0 Å². The van der Waals surface area contributed by atoms with Gasteiger partial charge in [-0.15, -0.1) is 0 Å². The Morgan fingerprint density at radius 3 is 2.80 bits per heavy atom. The Morgan fingerprint density at radius 1 is 1.55 bits per heavy atom. The summed E-state index contributed by atoms with van der Waals surface area (Å²) in [7, 11) is 0. The molecule has 3 N–H and O–H groups in total. The van der Waals surface area contributed by atoms with Gasteiger partial charge in [0, 0.05) is 24.7 Å². The lowest BCUT2D eigenvalue weighted by Crippen LogP contribution is -2.46. The summed E-state index contributed by atoms with van der Waals surface area (Å²) in [5.74, 6) is -0.634. The molecule has 7 heteroatoms. The molecule has 7 nitrogen and oxygen atoms in total. The van der Waals surface area contributed by atoms with Crippen LogP contribution in [0.1, 0.15) is 30.1 Å². The number of nitrogens with two attached hydrogens (primary N) is 1. The van der Waals surface area contributed by atoms with Gasteiger partial charge in [0.15, 0.2) is 0 Å². The summed E-state index contributed by atoms with van der Waals surface area (Å²) in [5.41, 5.74) is 4.77. The number of benzene rings is 1. The van der Waals surface area contributed by atoms with E-state index in [-0.39, 0.29) is 17.8 Å². The Bertz CT molecular complexity index is 557. The van der Waals surface area contributed by atoms with Gasteiger partial charge in [0.05, 0.1) is 10.5 Å². The summed E-state index contributed by atoms with van der Waals surface area (Å²) in [6.07, 6.45) is 1.37. The largest absolute Gasteiger partial charge is 0.388 e. The van der Waals surface area contributed by atoms with E-state index in [2.05, 4.69) is 0 Å². The Labute approximate surface area is 116 Å². The molecule has 1 aliphatic heterocycles. The number of hydrogen-bond acceptors (Lipinski definition) is 5. The van der Waals surface area contributed by atoms with Crippen LogP contribution in [-0.4, -0.2) is 34.6 Å². The quantitative estimate of drug-likeness (QED) is 0.634. The van der Waals surface area contributed by atoms with E-state index in [1.165, 1.54) is 18.2 Å². The second-order valence-corrected chi connectivity index (χ2v) is 5.35. The fourth-order valence-electron chi connectivity index (χ4n) is 2.51. The van der Waals surface area contributed by atoms with Crippen LogP contribution in [0.2, 0.25) is 0 Å². The second-order valence-electron chi connectivity index (χ2n) is 5.35. The van der Waals surface area contributed by atoms with Crippen molar-refractivity contribution in [2.24, 2.45) is 5.73 Å². The molecule has 1 aliphatic rings. The van der Waals surface area contributed by atoms with E-state index >= 15 is 0 Å². The molecule has 1 unspecified atom stereocenters. The Morgan fingerprint density at radius 2 is 2.25 bits per heavy atom. The van der Waals surface area contributed by atoms with Gasteiger partial charge in [0.25, 0.3) is 5.69 Å². The summed E-state index contributed by atoms with van der Waals surface area (Å²) in [6, 6.07) is 4.03. The highest BCUT2D eigenvalue weighted by Crippen LogP contribution is 2.33. The summed E-state index contributed by atoms with van der Waals surface area (Å²) >= 11 is 0. The number of rotatable bonds is 3. The van der Waals surface area contributed by atoms with Crippen molar-refractivity contribution in [1.29, 1.82) is 0 Å². The monoisotopic (exact) mass is 279 g/mol. The second kappa shape index (κ2) is 5.09. The number of carbonyl (C=O) groups is 1. The van der Waals surface area contributed by atoms with Crippen LogP contribution in [0.15, 0.2) is 18.2 Å². The van der Waals surface area contributed by atoms with Gasteiger partial charge in [-0.3, -0.25) is 14.9 Å². The molecule has 1 saturated heterocycles. The molecule has 108 valence electrons. The van der Waals surface area contributed by atoms with Gasteiger partial charge in [-0.1, -0.05) is 0 Å². The number of primary amides is 1. The lowest BCUT2D eigenvalue weighted by Gasteiger charge is -2.38. The summed E-state index contributed by atoms with van der Waals surface area (Å²) in [5, 5.41) is 21.2. The number of nitro groups is 1. The number of nitro benzene ring substituents is 1. The van der Waals surface area contributed by atoms with Crippen LogP contribution in [0.5, 0.6) is 0 Å². The van der Waals surface area contributed by atoms with Crippen molar-refractivity contribution in [3.05, 3.63) is 33.9 Å². The first-order valence-electron chi connectivity index (χ1n) is 6.36. The minimum Gasteiger partial charge on any atom is -0.388 e. The first-order valence-corrected chi connectivity index (χ1v) is 6.36. The number of β-amino-alcohol motifs (C(OH)–C–C–N with tert-alkyl or cyclic N) is 1. The maximum absolute atomic E-state index is 11.2. The molecule has 1 atom stereocenters. The van der Waals surface area contributed by atoms with E-state index in [9.17, 15) is 20.0 Å². The highest BCUT2D eigenvalue weighted by atomic mass is 16.6. The SMILES string of the molecule is CC1(O)CCCN(c2cc(C(N)=O)ccc2[N+](=O)[O-])C1. The first-order chi connectivity index (χ1) is 9.30. The number of aliphatic hydroxyl groups is 1. The highest BCUT2D eigenvalue weighted by Gasteiger charge is 2.31. The molecular weight excluding hydrogens is 262 g/mol. The molecule has 1 aromatic rings. The van der Waals surface area contributed by atoms with Gasteiger partial charge in [0.2, 0.25) is 5.91 Å². The number of carbonyl (C=O) groups excluding carboxylic acids is 1. The maximum atomic E-state index is 11.2. The summed E-state index contributed by atoms with van der Waals surface area (Å²) < 4.78 is 0. The van der Waals surface area contributed by atoms with Gasteiger partial charge < -0.3 is 15.7 Å². The van der Waals surface area contributed by atoms with Crippen LogP contribution in [0.25, 0.3) is 0 Å². The number of hydrogen-bond donors (Lipinski definition) is 2. The fraction of sp³-hybridized carbons (Fsp3) is 0.462. The maximum Gasteiger partial charge on any atom is 0.292 e. The predicted octanol–water partition coefficient (Wildman–Crippen LogP) is 1.04. The number of piperidine rings is 1. The number of amides is 1. The molecule has 2 rings (SSSR count). The van der Waals surface area contributed by atoms with Crippen LogP contribution >= 0.6 is 0 Å². The van der Waals surface area contributed by atoms with Crippen LogP contribution in [-0.2, 0) is 0 Å². The molecule has 1 aromatic carbocycles. The minimum atomic E-state index is -0.894. The van der Waals surface area contributed by atoms with E-state index < -0.39 is 16.4 Å². The van der Waals surface area contributed by atoms with E-state index in [0.29, 0.717) is 18.7 Å². The molecule has 1 fully saturated rings. The fourth-order valence-corrected chi connectivity index (χ4v) is 2.51. The van der Waals surface area contributed by atoms with Crippen LogP contribution in [0.3, 0.4) is 0 Å². The zero-order valence-corrected chi connectivity index (χ0v) is 11.2. The van der Waals surface area contributed by atoms with Gasteiger partial charge in [-0.05, 0) is 31.9 Å². The minimum absolute atomic E-state index is 0.0901. The van der Waals surface area contributed by atoms with Crippen molar-refractivity contribution in [3.63, 3.8) is 0 Å². The molecular formula is C13H17N3O4. The zero-order valence-electron chi connectivity index (χ0n) is 11.2. The molecule has 0 aliphatic carbocycles. The molecule has 0 spiro atoms. The molecule has 0 radical (unpaired) electrons. The Kier molecular flexibility index (Phi) is 3.63. The molecule has 20 heavy (non-hydrogen) atoms. The number of anilines is 1. The lowest BCUT2D eigenvalue weighted by molar-refractivity contribution is -0.384. The van der Waals surface area contributed by atoms with Gasteiger partial charge in [-0.2, -0.15) is 0 Å². The van der Waals surface area contributed by atoms with Crippen molar-refractivity contribution >= 4 is 17.3 Å². The molecule has 1 amide bonds. The normalized spacial score (nSPS) is 22.6. The Hall–Kier alpha value is -2.15. The smallest absolute Gasteiger partial charge is 0.292 e. The molecule has 1 heterocycles. The van der Waals surface area contributed by atoms with Crippen molar-refractivity contribution in [2.45, 2.75) is 25.4 Å². The van der Waals surface area contributed by atoms with Crippen LogP contribution < -0.4 is 10.6 Å². The first kappa shape index (κ1) is 14.3. The van der Waals surface area contributed by atoms with Crippen molar-refractivity contribution in [2.75, 3.05) is 18.0 Å². The van der Waals surface area contributed by atoms with Crippen LogP contribution in [0, 0.1) is 10.1 Å². The Balaban J connectivity index is 2.44. The summed E-state index contributed by atoms with van der Waals surface area (Å²) in [6.45, 7) is 2.58. The van der Waals surface area contributed by atoms with Gasteiger partial charge >= 0.3 is 0 Å². The average molecular weight is 279 g/mol. The van der Waals surface area contributed by atoms with E-state index in [4.69, 9.17) is 5.73 Å². The molecule has 0 aromatic heterocycles. The van der Waals surface area contributed by atoms with Crippen molar-refractivity contribution in [1.82, 2.24) is 0 Å². The third-order valence-corrected chi connectivity index (χ3v) is 3.47. The van der Waals surface area contributed by atoms with E-state index in [0.717, 1.165) is 6.42 Å². The van der Waals surface area contributed by atoms with E-state index in [1.54, 1.807) is 11.8 Å². The zero-order chi connectivity index (χ0) is 14.9. The third-order valence-electron chi connectivity index (χ3n) is 3.47. The van der Waals surface area contributed by atoms with Gasteiger partial charge in [0.1, 0.15) is 5.69 Å². The number of nitrogens with zero attached hydrogens (tertiary/aromatic N) is 2. The highest BCUT2D eigenvalue weighted by molar-refractivity contribution is 5.94.